The Morgan fingerprint density at radius 1 is 1.29 bits per heavy atom. The molecule has 3 heterocycles. The Labute approximate surface area is 141 Å². The van der Waals surface area contributed by atoms with Gasteiger partial charge in [-0.3, -0.25) is 4.79 Å². The van der Waals surface area contributed by atoms with E-state index in [0.717, 1.165) is 37.9 Å². The first kappa shape index (κ1) is 16.4. The standard InChI is InChI=1S/C17H23N5O2/c1-3-21(13-16-18-6-7-20(16)2)17(23)14-4-5-15(19-12-14)22-8-10-24-11-9-22/h4-7,12H,3,8-11,13H2,1-2H3. The van der Waals surface area contributed by atoms with Crippen molar-refractivity contribution < 1.29 is 9.53 Å². The van der Waals surface area contributed by atoms with Crippen LogP contribution in [-0.2, 0) is 18.3 Å². The third kappa shape index (κ3) is 3.56. The molecule has 0 atom stereocenters. The molecular weight excluding hydrogens is 306 g/mol. The molecule has 0 radical (unpaired) electrons. The monoisotopic (exact) mass is 329 g/mol. The summed E-state index contributed by atoms with van der Waals surface area (Å²) in [6.07, 6.45) is 5.28. The highest BCUT2D eigenvalue weighted by Crippen LogP contribution is 2.15. The SMILES string of the molecule is CCN(Cc1nccn1C)C(=O)c1ccc(N2CCOCC2)nc1. The highest BCUT2D eigenvalue weighted by molar-refractivity contribution is 5.94. The number of carbonyl (C=O) groups is 1. The van der Waals surface area contributed by atoms with Crippen molar-refractivity contribution in [2.75, 3.05) is 37.7 Å². The van der Waals surface area contributed by atoms with Gasteiger partial charge in [-0.15, -0.1) is 0 Å². The number of carbonyl (C=O) groups excluding carboxylic acids is 1. The minimum absolute atomic E-state index is 0.0264. The van der Waals surface area contributed by atoms with Crippen LogP contribution >= 0.6 is 0 Å². The van der Waals surface area contributed by atoms with Crippen LogP contribution in [0.4, 0.5) is 5.82 Å². The lowest BCUT2D eigenvalue weighted by Crippen LogP contribution is -2.37. The third-order valence-electron chi connectivity index (χ3n) is 4.25. The smallest absolute Gasteiger partial charge is 0.255 e. The van der Waals surface area contributed by atoms with E-state index < -0.39 is 0 Å². The van der Waals surface area contributed by atoms with Crippen molar-refractivity contribution in [3.05, 3.63) is 42.1 Å². The zero-order valence-electron chi connectivity index (χ0n) is 14.2. The van der Waals surface area contributed by atoms with Crippen LogP contribution in [0.3, 0.4) is 0 Å². The van der Waals surface area contributed by atoms with Crippen molar-refractivity contribution in [3.8, 4) is 0 Å². The van der Waals surface area contributed by atoms with Gasteiger partial charge in [0.05, 0.1) is 25.3 Å². The summed E-state index contributed by atoms with van der Waals surface area (Å²) >= 11 is 0. The molecule has 1 saturated heterocycles. The zero-order valence-corrected chi connectivity index (χ0v) is 14.2. The van der Waals surface area contributed by atoms with Crippen LogP contribution in [0.15, 0.2) is 30.7 Å². The largest absolute Gasteiger partial charge is 0.378 e. The number of nitrogens with zero attached hydrogens (tertiary/aromatic N) is 5. The number of aryl methyl sites for hydroxylation is 1. The molecule has 2 aromatic heterocycles. The molecule has 1 aliphatic heterocycles. The predicted octanol–water partition coefficient (Wildman–Crippen LogP) is 1.31. The average Bonchev–Trinajstić information content (AvgIpc) is 3.04. The van der Waals surface area contributed by atoms with Crippen molar-refractivity contribution in [2.45, 2.75) is 13.5 Å². The fraction of sp³-hybridized carbons (Fsp3) is 0.471. The lowest BCUT2D eigenvalue weighted by molar-refractivity contribution is 0.0746. The molecule has 0 aliphatic carbocycles. The van der Waals surface area contributed by atoms with Crippen molar-refractivity contribution in [1.29, 1.82) is 0 Å². The lowest BCUT2D eigenvalue weighted by Gasteiger charge is -2.28. The summed E-state index contributed by atoms with van der Waals surface area (Å²) in [7, 11) is 1.93. The number of amides is 1. The van der Waals surface area contributed by atoms with Gasteiger partial charge in [0.15, 0.2) is 0 Å². The van der Waals surface area contributed by atoms with Crippen LogP contribution in [0.2, 0.25) is 0 Å². The Bertz CT molecular complexity index is 677. The Hall–Kier alpha value is -2.41. The Balaban J connectivity index is 1.69. The molecule has 24 heavy (non-hydrogen) atoms. The number of rotatable bonds is 5. The molecular formula is C17H23N5O2. The molecule has 0 saturated carbocycles. The van der Waals surface area contributed by atoms with E-state index in [1.54, 1.807) is 17.3 Å². The van der Waals surface area contributed by atoms with E-state index in [2.05, 4.69) is 14.9 Å². The van der Waals surface area contributed by atoms with Crippen LogP contribution in [-0.4, -0.2) is 58.2 Å². The molecule has 0 spiro atoms. The number of hydrogen-bond acceptors (Lipinski definition) is 5. The Kier molecular flexibility index (Phi) is 5.10. The highest BCUT2D eigenvalue weighted by atomic mass is 16.5. The first-order valence-corrected chi connectivity index (χ1v) is 8.23. The Morgan fingerprint density at radius 3 is 2.67 bits per heavy atom. The molecule has 128 valence electrons. The first-order valence-electron chi connectivity index (χ1n) is 8.23. The van der Waals surface area contributed by atoms with E-state index in [-0.39, 0.29) is 5.91 Å². The van der Waals surface area contributed by atoms with E-state index in [1.165, 1.54) is 0 Å². The summed E-state index contributed by atoms with van der Waals surface area (Å²) in [6, 6.07) is 3.76. The van der Waals surface area contributed by atoms with Crippen molar-refractivity contribution >= 4 is 11.7 Å². The molecule has 3 rings (SSSR count). The molecule has 7 nitrogen and oxygen atoms in total. The van der Waals surface area contributed by atoms with E-state index in [1.807, 2.05) is 36.9 Å². The molecule has 7 heteroatoms. The molecule has 2 aromatic rings. The maximum atomic E-state index is 12.7. The van der Waals surface area contributed by atoms with Crippen LogP contribution in [0, 0.1) is 0 Å². The number of morpholine rings is 1. The summed E-state index contributed by atoms with van der Waals surface area (Å²) in [5.74, 6) is 1.73. The number of ether oxygens (including phenoxy) is 1. The van der Waals surface area contributed by atoms with Gasteiger partial charge in [0, 0.05) is 45.3 Å². The van der Waals surface area contributed by atoms with Crippen LogP contribution in [0.5, 0.6) is 0 Å². The zero-order chi connectivity index (χ0) is 16.9. The maximum Gasteiger partial charge on any atom is 0.255 e. The minimum atomic E-state index is -0.0264. The Morgan fingerprint density at radius 2 is 2.08 bits per heavy atom. The molecule has 0 unspecified atom stereocenters. The molecule has 1 fully saturated rings. The number of aromatic nitrogens is 3. The van der Waals surface area contributed by atoms with Crippen molar-refractivity contribution in [3.63, 3.8) is 0 Å². The number of pyridine rings is 1. The maximum absolute atomic E-state index is 12.7. The normalized spacial score (nSPS) is 14.7. The van der Waals surface area contributed by atoms with E-state index in [4.69, 9.17) is 4.74 Å². The summed E-state index contributed by atoms with van der Waals surface area (Å²) in [5.41, 5.74) is 0.600. The van der Waals surface area contributed by atoms with Crippen molar-refractivity contribution in [1.82, 2.24) is 19.4 Å². The van der Waals surface area contributed by atoms with Gasteiger partial charge in [-0.05, 0) is 19.1 Å². The lowest BCUT2D eigenvalue weighted by atomic mass is 10.2. The molecule has 0 bridgehead atoms. The second-order valence-corrected chi connectivity index (χ2v) is 5.78. The van der Waals surface area contributed by atoms with Gasteiger partial charge in [0.2, 0.25) is 0 Å². The second-order valence-electron chi connectivity index (χ2n) is 5.78. The quantitative estimate of drug-likeness (QED) is 0.828. The van der Waals surface area contributed by atoms with Gasteiger partial charge < -0.3 is 19.1 Å². The fourth-order valence-electron chi connectivity index (χ4n) is 2.72. The van der Waals surface area contributed by atoms with Crippen LogP contribution in [0.1, 0.15) is 23.1 Å². The van der Waals surface area contributed by atoms with Gasteiger partial charge in [0.1, 0.15) is 11.6 Å². The van der Waals surface area contributed by atoms with Crippen LogP contribution < -0.4 is 4.90 Å². The number of anilines is 1. The fourth-order valence-corrected chi connectivity index (χ4v) is 2.72. The molecule has 0 N–H and O–H groups in total. The highest BCUT2D eigenvalue weighted by Gasteiger charge is 2.18. The van der Waals surface area contributed by atoms with Gasteiger partial charge in [0.25, 0.3) is 5.91 Å². The van der Waals surface area contributed by atoms with Gasteiger partial charge in [-0.2, -0.15) is 0 Å². The van der Waals surface area contributed by atoms with Crippen LogP contribution in [0.25, 0.3) is 0 Å². The number of imidazole rings is 1. The molecule has 0 aromatic carbocycles. The minimum Gasteiger partial charge on any atom is -0.378 e. The van der Waals surface area contributed by atoms with Crippen molar-refractivity contribution in [2.24, 2.45) is 7.05 Å². The summed E-state index contributed by atoms with van der Waals surface area (Å²) < 4.78 is 7.28. The first-order chi connectivity index (χ1) is 11.7. The van der Waals surface area contributed by atoms with Gasteiger partial charge >= 0.3 is 0 Å². The third-order valence-corrected chi connectivity index (χ3v) is 4.25. The van der Waals surface area contributed by atoms with Gasteiger partial charge in [-0.1, -0.05) is 0 Å². The second kappa shape index (κ2) is 7.44. The number of hydrogen-bond donors (Lipinski definition) is 0. The molecule has 1 aliphatic rings. The average molecular weight is 329 g/mol. The van der Waals surface area contributed by atoms with Gasteiger partial charge in [-0.25, -0.2) is 9.97 Å². The van der Waals surface area contributed by atoms with E-state index in [9.17, 15) is 4.79 Å². The summed E-state index contributed by atoms with van der Waals surface area (Å²) in [6.45, 7) is 6.18. The molecule has 1 amide bonds. The van der Waals surface area contributed by atoms with E-state index in [0.29, 0.717) is 18.7 Å². The van der Waals surface area contributed by atoms with E-state index >= 15 is 0 Å². The summed E-state index contributed by atoms with van der Waals surface area (Å²) in [4.78, 5) is 25.4. The predicted molar refractivity (Wildman–Crippen MR) is 90.9 cm³/mol. The topological polar surface area (TPSA) is 63.5 Å². The summed E-state index contributed by atoms with van der Waals surface area (Å²) in [5, 5.41) is 0.